The molecule has 5 rings (SSSR count). The van der Waals surface area contributed by atoms with E-state index in [1.54, 1.807) is 67.5 Å². The van der Waals surface area contributed by atoms with Gasteiger partial charge in [-0.3, -0.25) is 0 Å². The molecule has 0 saturated heterocycles. The fraction of sp³-hybridized carbons (Fsp3) is 0.321. The summed E-state index contributed by atoms with van der Waals surface area (Å²) in [5.41, 5.74) is 4.99. The summed E-state index contributed by atoms with van der Waals surface area (Å²) >= 11 is 0. The van der Waals surface area contributed by atoms with Crippen molar-refractivity contribution in [3.05, 3.63) is 156 Å². The quantitative estimate of drug-likeness (QED) is 0.0371. The van der Waals surface area contributed by atoms with Gasteiger partial charge in [-0.15, -0.1) is 0 Å². The van der Waals surface area contributed by atoms with Gasteiger partial charge in [-0.1, -0.05) is 87.0 Å². The Bertz CT molecular complexity index is 2310. The van der Waals surface area contributed by atoms with Crippen molar-refractivity contribution in [2.75, 3.05) is 26.4 Å². The molecule has 0 amide bonds. The first kappa shape index (κ1) is 48.9. The van der Waals surface area contributed by atoms with Crippen LogP contribution in [0.2, 0.25) is 0 Å². The minimum atomic E-state index is -1.15. The van der Waals surface area contributed by atoms with E-state index in [1.165, 1.54) is 0 Å². The molecule has 1 aliphatic rings. The van der Waals surface area contributed by atoms with Gasteiger partial charge >= 0.3 is 23.9 Å². The number of benzene rings is 4. The third kappa shape index (κ3) is 11.7. The number of rotatable bonds is 22. The van der Waals surface area contributed by atoms with Crippen molar-refractivity contribution in [3.63, 3.8) is 0 Å². The maximum absolute atomic E-state index is 12.6. The molecule has 0 heterocycles. The van der Waals surface area contributed by atoms with E-state index in [4.69, 9.17) is 37.9 Å². The Hall–Kier alpha value is -7.08. The summed E-state index contributed by atoms with van der Waals surface area (Å²) in [6.45, 7) is 27.9. The van der Waals surface area contributed by atoms with Gasteiger partial charge < -0.3 is 37.9 Å². The Morgan fingerprint density at radius 3 is 1.03 bits per heavy atom. The smallest absolute Gasteiger partial charge is 0.333 e. The van der Waals surface area contributed by atoms with E-state index in [0.717, 1.165) is 22.3 Å². The van der Waals surface area contributed by atoms with Crippen LogP contribution < -0.4 is 18.9 Å². The van der Waals surface area contributed by atoms with E-state index in [0.29, 0.717) is 34.1 Å². The molecule has 4 unspecified atom stereocenters. The van der Waals surface area contributed by atoms with Crippen molar-refractivity contribution in [3.8, 4) is 34.1 Å². The van der Waals surface area contributed by atoms with Crippen molar-refractivity contribution in [1.29, 1.82) is 0 Å². The molecule has 4 aromatic rings. The van der Waals surface area contributed by atoms with Crippen LogP contribution in [0.15, 0.2) is 134 Å². The minimum absolute atomic E-state index is 0.0276. The standard InChI is InChI=1S/C53H58O12/c1-31(2)49(54)62-35(9)27-58-39-21-23-45(47(25-39)60-29-37(11)64-51(56)33(5)6)53(43-19-15-13-17-41(43)42-18-14-16-20-44(42)53)46-24-22-40(59-28-36(10)63-50(55)32(3)4)26-48(46)61-30-38(12)65-52(57)34(7)8/h13-26,35-38H,1,3,5,7,27-30H2,2,4,6,8-12H3. The lowest BCUT2D eigenvalue weighted by Gasteiger charge is -2.36. The molecule has 4 atom stereocenters. The highest BCUT2D eigenvalue weighted by atomic mass is 16.6. The summed E-state index contributed by atoms with van der Waals surface area (Å²) in [5.74, 6) is -0.555. The normalized spacial score (nSPS) is 13.8. The van der Waals surface area contributed by atoms with Gasteiger partial charge in [0, 0.05) is 45.6 Å². The SMILES string of the molecule is C=C(C)C(=O)OC(C)COc1ccc(C2(c3ccc(OCC(C)OC(=O)C(=C)C)cc3OCC(C)OC(=O)C(=C)C)c3ccccc3-c3ccccc32)c(OCC(C)OC(=O)C(=C)C)c1. The van der Waals surface area contributed by atoms with Gasteiger partial charge in [-0.05, 0) is 89.8 Å². The van der Waals surface area contributed by atoms with Crippen LogP contribution in [0.4, 0.5) is 0 Å². The molecule has 65 heavy (non-hydrogen) atoms. The Labute approximate surface area is 381 Å². The van der Waals surface area contributed by atoms with Crippen LogP contribution in [0.3, 0.4) is 0 Å². The second-order valence-electron chi connectivity index (χ2n) is 16.4. The summed E-state index contributed by atoms with van der Waals surface area (Å²) in [7, 11) is 0. The molecule has 0 aromatic heterocycles. The molecule has 0 saturated carbocycles. The molecule has 0 N–H and O–H groups in total. The van der Waals surface area contributed by atoms with Crippen LogP contribution in [0.5, 0.6) is 23.0 Å². The second kappa shape index (κ2) is 21.5. The van der Waals surface area contributed by atoms with E-state index in [2.05, 4.69) is 50.6 Å². The van der Waals surface area contributed by atoms with Gasteiger partial charge in [0.05, 0.1) is 5.41 Å². The average molecular weight is 887 g/mol. The van der Waals surface area contributed by atoms with Crippen molar-refractivity contribution in [2.45, 2.75) is 85.2 Å². The Morgan fingerprint density at radius 2 is 0.723 bits per heavy atom. The third-order valence-electron chi connectivity index (χ3n) is 10.2. The predicted molar refractivity (Wildman–Crippen MR) is 247 cm³/mol. The lowest BCUT2D eigenvalue weighted by Crippen LogP contribution is -2.31. The summed E-state index contributed by atoms with van der Waals surface area (Å²) in [5, 5.41) is 0. The summed E-state index contributed by atoms with van der Waals surface area (Å²) in [6.07, 6.45) is -2.59. The van der Waals surface area contributed by atoms with E-state index >= 15 is 0 Å². The summed E-state index contributed by atoms with van der Waals surface area (Å²) in [6, 6.07) is 27.1. The molecule has 4 aromatic carbocycles. The van der Waals surface area contributed by atoms with Crippen LogP contribution in [-0.2, 0) is 43.5 Å². The molecule has 12 nitrogen and oxygen atoms in total. The highest BCUT2D eigenvalue weighted by molar-refractivity contribution is 5.89. The molecular formula is C53H58O12. The predicted octanol–water partition coefficient (Wildman–Crippen LogP) is 9.60. The van der Waals surface area contributed by atoms with E-state index in [1.807, 2.05) is 48.5 Å². The lowest BCUT2D eigenvalue weighted by molar-refractivity contribution is -0.145. The van der Waals surface area contributed by atoms with E-state index in [-0.39, 0.29) is 48.7 Å². The van der Waals surface area contributed by atoms with E-state index in [9.17, 15) is 19.2 Å². The van der Waals surface area contributed by atoms with E-state index < -0.39 is 53.7 Å². The zero-order chi connectivity index (χ0) is 47.6. The van der Waals surface area contributed by atoms with Gasteiger partial charge in [-0.2, -0.15) is 0 Å². The molecule has 0 radical (unpaired) electrons. The molecule has 1 aliphatic carbocycles. The van der Waals surface area contributed by atoms with Crippen molar-refractivity contribution in [2.24, 2.45) is 0 Å². The van der Waals surface area contributed by atoms with Gasteiger partial charge in [-0.25, -0.2) is 19.2 Å². The van der Waals surface area contributed by atoms with Crippen LogP contribution in [-0.4, -0.2) is 74.7 Å². The first-order valence-corrected chi connectivity index (χ1v) is 21.3. The van der Waals surface area contributed by atoms with Crippen molar-refractivity contribution >= 4 is 23.9 Å². The Morgan fingerprint density at radius 1 is 0.431 bits per heavy atom. The topological polar surface area (TPSA) is 142 Å². The minimum Gasteiger partial charge on any atom is -0.490 e. The highest BCUT2D eigenvalue weighted by Crippen LogP contribution is 2.60. The van der Waals surface area contributed by atoms with Crippen LogP contribution >= 0.6 is 0 Å². The third-order valence-corrected chi connectivity index (χ3v) is 10.2. The zero-order valence-corrected chi connectivity index (χ0v) is 38.4. The fourth-order valence-corrected chi connectivity index (χ4v) is 7.11. The molecule has 0 fully saturated rings. The number of ether oxygens (including phenoxy) is 8. The molecule has 0 spiro atoms. The number of carbonyl (C=O) groups excluding carboxylic acids is 4. The number of carbonyl (C=O) groups is 4. The average Bonchev–Trinajstić information content (AvgIpc) is 3.56. The Balaban J connectivity index is 1.72. The maximum Gasteiger partial charge on any atom is 0.333 e. The number of hydrogen-bond donors (Lipinski definition) is 0. The second-order valence-corrected chi connectivity index (χ2v) is 16.4. The van der Waals surface area contributed by atoms with Gasteiger partial charge in [0.2, 0.25) is 0 Å². The maximum atomic E-state index is 12.6. The van der Waals surface area contributed by atoms with Crippen LogP contribution in [0, 0.1) is 0 Å². The first-order chi connectivity index (χ1) is 30.8. The van der Waals surface area contributed by atoms with Gasteiger partial charge in [0.15, 0.2) is 0 Å². The lowest BCUT2D eigenvalue weighted by atomic mass is 9.67. The number of esters is 4. The number of fused-ring (bicyclic) bond motifs is 3. The number of hydrogen-bond acceptors (Lipinski definition) is 12. The zero-order valence-electron chi connectivity index (χ0n) is 38.4. The highest BCUT2D eigenvalue weighted by Gasteiger charge is 2.49. The molecule has 0 bridgehead atoms. The van der Waals surface area contributed by atoms with Gasteiger partial charge in [0.1, 0.15) is 73.8 Å². The van der Waals surface area contributed by atoms with Crippen molar-refractivity contribution < 1.29 is 57.1 Å². The first-order valence-electron chi connectivity index (χ1n) is 21.3. The van der Waals surface area contributed by atoms with Crippen molar-refractivity contribution in [1.82, 2.24) is 0 Å². The molecule has 342 valence electrons. The monoisotopic (exact) mass is 886 g/mol. The Kier molecular flexibility index (Phi) is 16.2. The van der Waals surface area contributed by atoms with Crippen LogP contribution in [0.1, 0.15) is 77.6 Å². The molecule has 12 heteroatoms. The molecule has 0 aliphatic heterocycles. The summed E-state index contributed by atoms with van der Waals surface area (Å²) < 4.78 is 48.0. The molecular weight excluding hydrogens is 829 g/mol. The van der Waals surface area contributed by atoms with Gasteiger partial charge in [0.25, 0.3) is 0 Å². The van der Waals surface area contributed by atoms with Crippen LogP contribution in [0.25, 0.3) is 11.1 Å². The largest absolute Gasteiger partial charge is 0.490 e. The summed E-state index contributed by atoms with van der Waals surface area (Å²) in [4.78, 5) is 49.7. The fourth-order valence-electron chi connectivity index (χ4n) is 7.11.